The molecule has 0 N–H and O–H groups in total. The van der Waals surface area contributed by atoms with Crippen LogP contribution in [0.2, 0.25) is 0 Å². The van der Waals surface area contributed by atoms with Gasteiger partial charge >= 0.3 is 0 Å². The first-order valence-corrected chi connectivity index (χ1v) is 10.5. The number of amides is 1. The molecule has 0 saturated heterocycles. The number of ether oxygens (including phenoxy) is 2. The molecule has 1 aliphatic rings. The monoisotopic (exact) mass is 411 g/mol. The Morgan fingerprint density at radius 3 is 2.69 bits per heavy atom. The zero-order valence-corrected chi connectivity index (χ0v) is 18.0. The van der Waals surface area contributed by atoms with E-state index in [9.17, 15) is 4.79 Å². The van der Waals surface area contributed by atoms with Crippen LogP contribution in [0.5, 0.6) is 11.5 Å². The summed E-state index contributed by atoms with van der Waals surface area (Å²) in [6.07, 6.45) is 0.858. The van der Waals surface area contributed by atoms with Crippen molar-refractivity contribution in [2.24, 2.45) is 0 Å². The molecular formula is C22H25N3O3S. The van der Waals surface area contributed by atoms with E-state index < -0.39 is 0 Å². The van der Waals surface area contributed by atoms with Gasteiger partial charge in [0.25, 0.3) is 5.91 Å². The maximum atomic E-state index is 13.4. The summed E-state index contributed by atoms with van der Waals surface area (Å²) in [5.74, 6) is 1.21. The number of carbonyl (C=O) groups excluding carboxylic acids is 1. The van der Waals surface area contributed by atoms with Gasteiger partial charge in [-0.1, -0.05) is 17.4 Å². The molecule has 3 aromatic rings. The van der Waals surface area contributed by atoms with Gasteiger partial charge in [0.2, 0.25) is 6.79 Å². The predicted octanol–water partition coefficient (Wildman–Crippen LogP) is 4.24. The number of carbonyl (C=O) groups is 1. The van der Waals surface area contributed by atoms with Crippen molar-refractivity contribution < 1.29 is 14.3 Å². The Labute approximate surface area is 174 Å². The minimum absolute atomic E-state index is 0.0736. The lowest BCUT2D eigenvalue weighted by Crippen LogP contribution is -2.33. The Kier molecular flexibility index (Phi) is 5.43. The average Bonchev–Trinajstić information content (AvgIpc) is 3.30. The maximum absolute atomic E-state index is 13.4. The van der Waals surface area contributed by atoms with E-state index in [4.69, 9.17) is 14.5 Å². The maximum Gasteiger partial charge on any atom is 0.260 e. The van der Waals surface area contributed by atoms with E-state index in [1.165, 1.54) is 11.1 Å². The quantitative estimate of drug-likeness (QED) is 0.607. The third-order valence-corrected chi connectivity index (χ3v) is 6.12. The highest BCUT2D eigenvalue weighted by Crippen LogP contribution is 2.35. The summed E-state index contributed by atoms with van der Waals surface area (Å²) >= 11 is 1.57. The summed E-state index contributed by atoms with van der Waals surface area (Å²) in [5.41, 5.74) is 3.88. The summed E-state index contributed by atoms with van der Waals surface area (Å²) in [7, 11) is 4.07. The molecule has 1 amide bonds. The van der Waals surface area contributed by atoms with Crippen LogP contribution in [0.3, 0.4) is 0 Å². The Morgan fingerprint density at radius 1 is 1.10 bits per heavy atom. The van der Waals surface area contributed by atoms with Gasteiger partial charge in [-0.25, -0.2) is 4.98 Å². The second-order valence-electron chi connectivity index (χ2n) is 7.61. The molecule has 0 spiro atoms. The van der Waals surface area contributed by atoms with E-state index in [0.717, 1.165) is 28.3 Å². The molecule has 0 unspecified atom stereocenters. The number of aryl methyl sites for hydroxylation is 2. The molecule has 0 fully saturated rings. The van der Waals surface area contributed by atoms with Crippen LogP contribution in [0.25, 0.3) is 10.2 Å². The fraction of sp³-hybridized carbons (Fsp3) is 0.364. The molecule has 2 aromatic carbocycles. The first-order chi connectivity index (χ1) is 13.9. The van der Waals surface area contributed by atoms with Gasteiger partial charge in [-0.05, 0) is 76.3 Å². The molecule has 0 radical (unpaired) electrons. The van der Waals surface area contributed by atoms with Crippen LogP contribution < -0.4 is 14.4 Å². The average molecular weight is 412 g/mol. The number of aromatic nitrogens is 1. The standard InChI is InChI=1S/C22H25N3O3S/c1-14-10-15(2)20-17(11-14)23-22(29-20)25(9-5-8-24(3)4)21(26)16-6-7-18-19(12-16)28-13-27-18/h6-7,10-12H,5,8-9,13H2,1-4H3. The Morgan fingerprint density at radius 2 is 1.90 bits per heavy atom. The first-order valence-electron chi connectivity index (χ1n) is 9.66. The van der Waals surface area contributed by atoms with Crippen molar-refractivity contribution in [2.45, 2.75) is 20.3 Å². The highest BCUT2D eigenvalue weighted by molar-refractivity contribution is 7.22. The van der Waals surface area contributed by atoms with E-state index in [1.54, 1.807) is 34.4 Å². The van der Waals surface area contributed by atoms with Crippen LogP contribution in [0.1, 0.15) is 27.9 Å². The van der Waals surface area contributed by atoms with Crippen molar-refractivity contribution in [1.29, 1.82) is 0 Å². The van der Waals surface area contributed by atoms with E-state index in [0.29, 0.717) is 23.6 Å². The van der Waals surface area contributed by atoms with Gasteiger partial charge in [0.05, 0.1) is 10.2 Å². The smallest absolute Gasteiger partial charge is 0.260 e. The molecule has 152 valence electrons. The Balaban J connectivity index is 1.69. The number of hydrogen-bond donors (Lipinski definition) is 0. The molecule has 0 saturated carbocycles. The zero-order chi connectivity index (χ0) is 20.5. The van der Waals surface area contributed by atoms with E-state index >= 15 is 0 Å². The topological polar surface area (TPSA) is 54.9 Å². The number of benzene rings is 2. The number of thiazole rings is 1. The second-order valence-corrected chi connectivity index (χ2v) is 8.59. The largest absolute Gasteiger partial charge is 0.454 e. The Hall–Kier alpha value is -2.64. The summed E-state index contributed by atoms with van der Waals surface area (Å²) in [6.45, 7) is 5.85. The van der Waals surface area contributed by atoms with Gasteiger partial charge in [-0.15, -0.1) is 0 Å². The zero-order valence-electron chi connectivity index (χ0n) is 17.2. The lowest BCUT2D eigenvalue weighted by atomic mass is 10.1. The van der Waals surface area contributed by atoms with Gasteiger partial charge in [0, 0.05) is 12.1 Å². The first kappa shape index (κ1) is 19.7. The lowest BCUT2D eigenvalue weighted by Gasteiger charge is -2.21. The molecule has 7 heteroatoms. The van der Waals surface area contributed by atoms with Crippen LogP contribution in [-0.2, 0) is 0 Å². The van der Waals surface area contributed by atoms with Crippen molar-refractivity contribution >= 4 is 32.6 Å². The van der Waals surface area contributed by atoms with Crippen LogP contribution >= 0.6 is 11.3 Å². The number of hydrogen-bond acceptors (Lipinski definition) is 6. The number of anilines is 1. The van der Waals surface area contributed by atoms with Crippen molar-refractivity contribution in [2.75, 3.05) is 38.9 Å². The normalized spacial score (nSPS) is 12.7. The highest BCUT2D eigenvalue weighted by atomic mass is 32.1. The number of fused-ring (bicyclic) bond motifs is 2. The molecule has 0 bridgehead atoms. The van der Waals surface area contributed by atoms with Gasteiger partial charge in [0.15, 0.2) is 16.6 Å². The molecule has 2 heterocycles. The summed E-state index contributed by atoms with van der Waals surface area (Å²) in [5, 5.41) is 0.732. The molecule has 0 aliphatic carbocycles. The number of rotatable bonds is 6. The van der Waals surface area contributed by atoms with Gasteiger partial charge in [0.1, 0.15) is 0 Å². The number of nitrogens with zero attached hydrogens (tertiary/aromatic N) is 3. The third-order valence-electron chi connectivity index (χ3n) is 4.89. The van der Waals surface area contributed by atoms with Crippen molar-refractivity contribution in [1.82, 2.24) is 9.88 Å². The highest BCUT2D eigenvalue weighted by Gasteiger charge is 2.24. The fourth-order valence-electron chi connectivity index (χ4n) is 3.49. The van der Waals surface area contributed by atoms with Crippen molar-refractivity contribution in [3.05, 3.63) is 47.0 Å². The van der Waals surface area contributed by atoms with E-state index in [1.807, 2.05) is 14.1 Å². The second kappa shape index (κ2) is 8.00. The lowest BCUT2D eigenvalue weighted by molar-refractivity contribution is 0.0985. The minimum atomic E-state index is -0.0736. The van der Waals surface area contributed by atoms with Crippen LogP contribution in [-0.4, -0.2) is 49.8 Å². The van der Waals surface area contributed by atoms with Crippen LogP contribution in [0, 0.1) is 13.8 Å². The van der Waals surface area contributed by atoms with Gasteiger partial charge in [-0.2, -0.15) is 0 Å². The summed E-state index contributed by atoms with van der Waals surface area (Å²) < 4.78 is 11.9. The summed E-state index contributed by atoms with van der Waals surface area (Å²) in [6, 6.07) is 9.56. The van der Waals surface area contributed by atoms with Crippen molar-refractivity contribution in [3.8, 4) is 11.5 Å². The van der Waals surface area contributed by atoms with Crippen molar-refractivity contribution in [3.63, 3.8) is 0 Å². The summed E-state index contributed by atoms with van der Waals surface area (Å²) in [4.78, 5) is 22.2. The van der Waals surface area contributed by atoms with Crippen LogP contribution in [0.4, 0.5) is 5.13 Å². The molecule has 0 atom stereocenters. The minimum Gasteiger partial charge on any atom is -0.454 e. The fourth-order valence-corrected chi connectivity index (χ4v) is 4.53. The van der Waals surface area contributed by atoms with E-state index in [2.05, 4.69) is 30.9 Å². The Bertz CT molecular complexity index is 1060. The molecule has 1 aromatic heterocycles. The molecule has 4 rings (SSSR count). The SMILES string of the molecule is Cc1cc(C)c2sc(N(CCCN(C)C)C(=O)c3ccc4c(c3)OCO4)nc2c1. The van der Waals surface area contributed by atoms with Gasteiger partial charge < -0.3 is 14.4 Å². The molecule has 1 aliphatic heterocycles. The molecule has 6 nitrogen and oxygen atoms in total. The van der Waals surface area contributed by atoms with Crippen LogP contribution in [0.15, 0.2) is 30.3 Å². The molecular weight excluding hydrogens is 386 g/mol. The van der Waals surface area contributed by atoms with E-state index in [-0.39, 0.29) is 12.7 Å². The third kappa shape index (κ3) is 4.06. The van der Waals surface area contributed by atoms with Gasteiger partial charge in [-0.3, -0.25) is 9.69 Å². The molecule has 29 heavy (non-hydrogen) atoms. The predicted molar refractivity (Wildman–Crippen MR) is 117 cm³/mol.